The topological polar surface area (TPSA) is 55.6 Å². The standard InChI is InChI=1S/C16H24N2O2/c1-11(2)9-10-18(12-7-8-12)15-13(16(19)20-3)5-4-6-14(15)17/h4-6,11-12H,7-10,17H2,1-3H3. The minimum absolute atomic E-state index is 0.317. The van der Waals surface area contributed by atoms with E-state index in [0.717, 1.165) is 18.7 Å². The second kappa shape index (κ2) is 6.16. The number of rotatable bonds is 6. The molecule has 1 aliphatic carbocycles. The summed E-state index contributed by atoms with van der Waals surface area (Å²) in [4.78, 5) is 14.3. The summed E-state index contributed by atoms with van der Waals surface area (Å²) < 4.78 is 4.89. The third-order valence-corrected chi connectivity index (χ3v) is 3.69. The van der Waals surface area contributed by atoms with Gasteiger partial charge in [-0.25, -0.2) is 4.79 Å². The number of hydrogen-bond acceptors (Lipinski definition) is 4. The van der Waals surface area contributed by atoms with Crippen molar-refractivity contribution in [2.45, 2.75) is 39.2 Å². The van der Waals surface area contributed by atoms with Gasteiger partial charge in [-0.15, -0.1) is 0 Å². The maximum Gasteiger partial charge on any atom is 0.340 e. The molecule has 0 atom stereocenters. The van der Waals surface area contributed by atoms with Gasteiger partial charge in [0.05, 0.1) is 24.0 Å². The smallest absolute Gasteiger partial charge is 0.340 e. The monoisotopic (exact) mass is 276 g/mol. The van der Waals surface area contributed by atoms with Gasteiger partial charge < -0.3 is 15.4 Å². The Morgan fingerprint density at radius 3 is 2.70 bits per heavy atom. The lowest BCUT2D eigenvalue weighted by atomic mass is 10.1. The summed E-state index contributed by atoms with van der Waals surface area (Å²) in [5.41, 5.74) is 8.22. The molecule has 0 aliphatic heterocycles. The molecular weight excluding hydrogens is 252 g/mol. The lowest BCUT2D eigenvalue weighted by Gasteiger charge is -2.28. The van der Waals surface area contributed by atoms with Gasteiger partial charge in [-0.1, -0.05) is 19.9 Å². The number of nitrogens with zero attached hydrogens (tertiary/aromatic N) is 1. The molecule has 110 valence electrons. The Hall–Kier alpha value is -1.71. The molecule has 4 heteroatoms. The van der Waals surface area contributed by atoms with Gasteiger partial charge in [-0.3, -0.25) is 0 Å². The van der Waals surface area contributed by atoms with Gasteiger partial charge in [-0.05, 0) is 37.3 Å². The zero-order valence-electron chi connectivity index (χ0n) is 12.6. The van der Waals surface area contributed by atoms with Crippen LogP contribution in [0.5, 0.6) is 0 Å². The molecule has 1 aromatic rings. The van der Waals surface area contributed by atoms with E-state index in [1.807, 2.05) is 6.07 Å². The largest absolute Gasteiger partial charge is 0.465 e. The van der Waals surface area contributed by atoms with Crippen molar-refractivity contribution >= 4 is 17.3 Å². The molecular formula is C16H24N2O2. The van der Waals surface area contributed by atoms with Crippen LogP contribution in [0.2, 0.25) is 0 Å². The molecule has 1 fully saturated rings. The fourth-order valence-corrected chi connectivity index (χ4v) is 2.42. The van der Waals surface area contributed by atoms with E-state index in [9.17, 15) is 4.79 Å². The first-order valence-corrected chi connectivity index (χ1v) is 7.28. The molecule has 1 aromatic carbocycles. The predicted molar refractivity (Wildman–Crippen MR) is 82.0 cm³/mol. The van der Waals surface area contributed by atoms with Gasteiger partial charge >= 0.3 is 5.97 Å². The molecule has 2 rings (SSSR count). The molecule has 0 aromatic heterocycles. The Morgan fingerprint density at radius 1 is 1.45 bits per heavy atom. The van der Waals surface area contributed by atoms with Crippen molar-refractivity contribution in [1.29, 1.82) is 0 Å². The second-order valence-electron chi connectivity index (χ2n) is 5.84. The fraction of sp³-hybridized carbons (Fsp3) is 0.562. The molecule has 0 bridgehead atoms. The molecule has 1 saturated carbocycles. The highest BCUT2D eigenvalue weighted by Gasteiger charge is 2.32. The van der Waals surface area contributed by atoms with Gasteiger partial charge in [0.2, 0.25) is 0 Å². The normalized spacial score (nSPS) is 14.4. The van der Waals surface area contributed by atoms with E-state index in [1.165, 1.54) is 20.0 Å². The van der Waals surface area contributed by atoms with Crippen molar-refractivity contribution in [3.63, 3.8) is 0 Å². The average molecular weight is 276 g/mol. The summed E-state index contributed by atoms with van der Waals surface area (Å²) in [6, 6.07) is 5.97. The quantitative estimate of drug-likeness (QED) is 0.641. The molecule has 1 aliphatic rings. The van der Waals surface area contributed by atoms with Crippen LogP contribution >= 0.6 is 0 Å². The van der Waals surface area contributed by atoms with E-state index in [-0.39, 0.29) is 5.97 Å². The lowest BCUT2D eigenvalue weighted by molar-refractivity contribution is 0.0601. The van der Waals surface area contributed by atoms with Crippen LogP contribution in [0.25, 0.3) is 0 Å². The highest BCUT2D eigenvalue weighted by molar-refractivity contribution is 5.99. The number of esters is 1. The first-order chi connectivity index (χ1) is 9.54. The van der Waals surface area contributed by atoms with E-state index < -0.39 is 0 Å². The van der Waals surface area contributed by atoms with Crippen molar-refractivity contribution in [3.05, 3.63) is 23.8 Å². The van der Waals surface area contributed by atoms with Crippen LogP contribution in [-0.4, -0.2) is 25.7 Å². The molecule has 0 amide bonds. The molecule has 0 heterocycles. The van der Waals surface area contributed by atoms with E-state index in [0.29, 0.717) is 23.2 Å². The molecule has 4 nitrogen and oxygen atoms in total. The van der Waals surface area contributed by atoms with Crippen LogP contribution in [0, 0.1) is 5.92 Å². The first kappa shape index (κ1) is 14.7. The molecule has 20 heavy (non-hydrogen) atoms. The predicted octanol–water partition coefficient (Wildman–Crippen LogP) is 3.07. The van der Waals surface area contributed by atoms with E-state index in [4.69, 9.17) is 10.5 Å². The van der Waals surface area contributed by atoms with Crippen LogP contribution in [0.1, 0.15) is 43.5 Å². The number of carbonyl (C=O) groups excluding carboxylic acids is 1. The number of nitrogen functional groups attached to an aromatic ring is 1. The number of methoxy groups -OCH3 is 1. The number of para-hydroxylation sites is 1. The summed E-state index contributed by atoms with van der Waals surface area (Å²) in [6.45, 7) is 5.35. The number of benzene rings is 1. The second-order valence-corrected chi connectivity index (χ2v) is 5.84. The Morgan fingerprint density at radius 2 is 2.15 bits per heavy atom. The van der Waals surface area contributed by atoms with E-state index in [2.05, 4.69) is 18.7 Å². The van der Waals surface area contributed by atoms with Gasteiger partial charge in [0.15, 0.2) is 0 Å². The van der Waals surface area contributed by atoms with E-state index >= 15 is 0 Å². The Labute approximate surface area is 120 Å². The third-order valence-electron chi connectivity index (χ3n) is 3.69. The van der Waals surface area contributed by atoms with Crippen LogP contribution in [0.3, 0.4) is 0 Å². The zero-order chi connectivity index (χ0) is 14.7. The third kappa shape index (κ3) is 3.24. The lowest BCUT2D eigenvalue weighted by Crippen LogP contribution is -2.30. The summed E-state index contributed by atoms with van der Waals surface area (Å²) in [6.07, 6.45) is 3.44. The minimum atomic E-state index is -0.317. The summed E-state index contributed by atoms with van der Waals surface area (Å²) >= 11 is 0. The van der Waals surface area contributed by atoms with Crippen LogP contribution < -0.4 is 10.6 Å². The number of anilines is 2. The SMILES string of the molecule is COC(=O)c1cccc(N)c1N(CCC(C)C)C1CC1. The first-order valence-electron chi connectivity index (χ1n) is 7.28. The molecule has 0 saturated heterocycles. The number of hydrogen-bond donors (Lipinski definition) is 1. The van der Waals surface area contributed by atoms with Gasteiger partial charge in [-0.2, -0.15) is 0 Å². The Kier molecular flexibility index (Phi) is 4.53. The van der Waals surface area contributed by atoms with Gasteiger partial charge in [0.1, 0.15) is 0 Å². The van der Waals surface area contributed by atoms with Crippen molar-refractivity contribution < 1.29 is 9.53 Å². The summed E-state index contributed by atoms with van der Waals surface area (Å²) in [7, 11) is 1.41. The van der Waals surface area contributed by atoms with Crippen molar-refractivity contribution in [1.82, 2.24) is 0 Å². The van der Waals surface area contributed by atoms with Gasteiger partial charge in [0, 0.05) is 12.6 Å². The number of nitrogens with two attached hydrogens (primary N) is 1. The van der Waals surface area contributed by atoms with Crippen LogP contribution in [-0.2, 0) is 4.74 Å². The average Bonchev–Trinajstić information content (AvgIpc) is 3.23. The van der Waals surface area contributed by atoms with Crippen molar-refractivity contribution in [2.75, 3.05) is 24.3 Å². The maximum absolute atomic E-state index is 12.0. The van der Waals surface area contributed by atoms with Crippen molar-refractivity contribution in [2.24, 2.45) is 5.92 Å². The maximum atomic E-state index is 12.0. The van der Waals surface area contributed by atoms with Crippen molar-refractivity contribution in [3.8, 4) is 0 Å². The molecule has 0 unspecified atom stereocenters. The zero-order valence-corrected chi connectivity index (χ0v) is 12.6. The van der Waals surface area contributed by atoms with Gasteiger partial charge in [0.25, 0.3) is 0 Å². The number of ether oxygens (including phenoxy) is 1. The van der Waals surface area contributed by atoms with E-state index in [1.54, 1.807) is 12.1 Å². The Balaban J connectivity index is 2.34. The summed E-state index contributed by atoms with van der Waals surface area (Å²) in [5, 5.41) is 0. The number of carbonyl (C=O) groups is 1. The summed E-state index contributed by atoms with van der Waals surface area (Å²) in [5.74, 6) is 0.310. The molecule has 0 spiro atoms. The van der Waals surface area contributed by atoms with Crippen LogP contribution in [0.15, 0.2) is 18.2 Å². The molecule has 0 radical (unpaired) electrons. The highest BCUT2D eigenvalue weighted by Crippen LogP contribution is 2.37. The highest BCUT2D eigenvalue weighted by atomic mass is 16.5. The van der Waals surface area contributed by atoms with Crippen LogP contribution in [0.4, 0.5) is 11.4 Å². The fourth-order valence-electron chi connectivity index (χ4n) is 2.42. The minimum Gasteiger partial charge on any atom is -0.465 e. The Bertz CT molecular complexity index is 481. The molecule has 2 N–H and O–H groups in total.